The lowest BCUT2D eigenvalue weighted by Gasteiger charge is -2.54. The van der Waals surface area contributed by atoms with Gasteiger partial charge in [-0.2, -0.15) is 10.3 Å². The number of amides is 3. The molecule has 2 saturated heterocycles. The minimum Gasteiger partial charge on any atom is -0.444 e. The summed E-state index contributed by atoms with van der Waals surface area (Å²) in [6, 6.07) is 8.31. The van der Waals surface area contributed by atoms with Gasteiger partial charge in [0.25, 0.3) is 5.91 Å². The van der Waals surface area contributed by atoms with Gasteiger partial charge in [0.2, 0.25) is 0 Å². The van der Waals surface area contributed by atoms with Crippen molar-refractivity contribution >= 4 is 39.5 Å². The molecule has 1 atom stereocenters. The summed E-state index contributed by atoms with van der Waals surface area (Å²) < 4.78 is 52.4. The molecule has 0 aliphatic carbocycles. The topological polar surface area (TPSA) is 180 Å². The van der Waals surface area contributed by atoms with Crippen LogP contribution in [0.5, 0.6) is 0 Å². The molecular formula is C30H35FN6O7S. The zero-order valence-corrected chi connectivity index (χ0v) is 26.8. The molecule has 2 aromatic rings. The number of nitriles is 1. The highest BCUT2D eigenvalue weighted by atomic mass is 32.2. The Morgan fingerprint density at radius 3 is 2.29 bits per heavy atom. The Labute approximate surface area is 260 Å². The molecule has 15 heteroatoms. The molecule has 0 bridgehead atoms. The van der Waals surface area contributed by atoms with Crippen LogP contribution in [0.15, 0.2) is 41.5 Å². The maximum absolute atomic E-state index is 15.4. The summed E-state index contributed by atoms with van der Waals surface area (Å²) in [7, 11) is -4.23. The smallest absolute Gasteiger partial charge is 0.435 e. The van der Waals surface area contributed by atoms with Crippen molar-refractivity contribution in [2.24, 2.45) is 4.99 Å². The fourth-order valence-electron chi connectivity index (χ4n) is 4.92. The lowest BCUT2D eigenvalue weighted by Crippen LogP contribution is -2.79. The number of amidine groups is 1. The number of aromatic nitrogens is 1. The highest BCUT2D eigenvalue weighted by molar-refractivity contribution is 7.94. The summed E-state index contributed by atoms with van der Waals surface area (Å²) in [6.45, 7) is 10.6. The van der Waals surface area contributed by atoms with E-state index in [9.17, 15) is 22.8 Å². The number of carbonyl (C=O) groups excluding carboxylic acids is 3. The Morgan fingerprint density at radius 1 is 1.09 bits per heavy atom. The van der Waals surface area contributed by atoms with Crippen LogP contribution in [-0.4, -0.2) is 77.0 Å². The van der Waals surface area contributed by atoms with E-state index in [0.717, 1.165) is 6.07 Å². The third-order valence-corrected chi connectivity index (χ3v) is 9.58. The third kappa shape index (κ3) is 7.06. The number of carbonyl (C=O) groups is 3. The Balaban J connectivity index is 1.70. The lowest BCUT2D eigenvalue weighted by atomic mass is 9.89. The van der Waals surface area contributed by atoms with Crippen molar-refractivity contribution in [1.82, 2.24) is 15.2 Å². The normalized spacial score (nSPS) is 21.2. The summed E-state index contributed by atoms with van der Waals surface area (Å²) in [6.07, 6.45) is -0.579. The molecule has 3 heterocycles. The van der Waals surface area contributed by atoms with Crippen LogP contribution in [0.3, 0.4) is 0 Å². The number of pyridine rings is 1. The van der Waals surface area contributed by atoms with Crippen molar-refractivity contribution in [2.45, 2.75) is 70.0 Å². The van der Waals surface area contributed by atoms with Crippen LogP contribution in [-0.2, 0) is 24.8 Å². The second-order valence-electron chi connectivity index (χ2n) is 13.2. The Morgan fingerprint density at radius 2 is 1.73 bits per heavy atom. The van der Waals surface area contributed by atoms with Gasteiger partial charge in [-0.25, -0.2) is 27.4 Å². The molecular weight excluding hydrogens is 607 g/mol. The highest BCUT2D eigenvalue weighted by Gasteiger charge is 2.64. The summed E-state index contributed by atoms with van der Waals surface area (Å²) in [4.78, 5) is 47.5. The van der Waals surface area contributed by atoms with Gasteiger partial charge in [-0.05, 0) is 78.8 Å². The first kappa shape index (κ1) is 33.3. The van der Waals surface area contributed by atoms with Crippen LogP contribution in [0.1, 0.15) is 70.1 Å². The van der Waals surface area contributed by atoms with Gasteiger partial charge >= 0.3 is 12.2 Å². The predicted octanol–water partition coefficient (Wildman–Crippen LogP) is 3.90. The van der Waals surface area contributed by atoms with Crippen molar-refractivity contribution < 1.29 is 36.7 Å². The van der Waals surface area contributed by atoms with Crippen LogP contribution in [0.25, 0.3) is 0 Å². The van der Waals surface area contributed by atoms with Crippen molar-refractivity contribution in [1.29, 1.82) is 5.26 Å². The molecule has 3 amide bonds. The van der Waals surface area contributed by atoms with Gasteiger partial charge < -0.3 is 25.0 Å². The Hall–Kier alpha value is -4.58. The zero-order valence-electron chi connectivity index (χ0n) is 26.0. The standard InChI is InChI=1S/C30H35FN6O7S/c1-27(2,3)43-25(39)35-24-30(15-37(16-30)26(40)44-28(4,5)6)45(41,42)17-29(7,36-24)20-12-19(9-10-21(20)31)34-23(38)22-11-8-18(13-32)14-33-22/h8-12,14H,15-17H2,1-7H3,(H,34,38)(H,35,36,39). The van der Waals surface area contributed by atoms with Crippen molar-refractivity contribution in [3.05, 3.63) is 59.2 Å². The number of hydrogen-bond donors (Lipinski definition) is 2. The highest BCUT2D eigenvalue weighted by Crippen LogP contribution is 2.42. The average Bonchev–Trinajstić information content (AvgIpc) is 2.85. The maximum atomic E-state index is 15.4. The van der Waals surface area contributed by atoms with Crippen molar-refractivity contribution in [3.63, 3.8) is 0 Å². The van der Waals surface area contributed by atoms with Gasteiger partial charge in [0, 0.05) is 17.4 Å². The molecule has 2 aliphatic rings. The van der Waals surface area contributed by atoms with E-state index in [1.165, 1.54) is 42.3 Å². The quantitative estimate of drug-likeness (QED) is 0.499. The van der Waals surface area contributed by atoms with E-state index in [1.54, 1.807) is 41.5 Å². The van der Waals surface area contributed by atoms with E-state index in [0.29, 0.717) is 0 Å². The maximum Gasteiger partial charge on any atom is 0.435 e. The summed E-state index contributed by atoms with van der Waals surface area (Å²) in [5.41, 5.74) is -3.19. The molecule has 0 saturated carbocycles. The Bertz CT molecular complexity index is 1720. The monoisotopic (exact) mass is 642 g/mol. The van der Waals surface area contributed by atoms with Gasteiger partial charge in [-0.1, -0.05) is 0 Å². The van der Waals surface area contributed by atoms with E-state index in [4.69, 9.17) is 14.7 Å². The predicted molar refractivity (Wildman–Crippen MR) is 162 cm³/mol. The minimum atomic E-state index is -4.23. The number of aliphatic imine (C=N–C) groups is 1. The summed E-state index contributed by atoms with van der Waals surface area (Å²) in [5, 5.41) is 14.5. The summed E-state index contributed by atoms with van der Waals surface area (Å²) >= 11 is 0. The fraction of sp³-hybridized carbons (Fsp3) is 0.467. The molecule has 240 valence electrons. The Kier molecular flexibility index (Phi) is 8.45. The van der Waals surface area contributed by atoms with Gasteiger partial charge in [0.1, 0.15) is 34.6 Å². The number of nitrogens with one attached hydrogen (secondary N) is 2. The molecule has 2 aliphatic heterocycles. The third-order valence-electron chi connectivity index (χ3n) is 6.98. The molecule has 13 nitrogen and oxygen atoms in total. The van der Waals surface area contributed by atoms with E-state index >= 15 is 4.39 Å². The molecule has 2 fully saturated rings. The molecule has 2 N–H and O–H groups in total. The average molecular weight is 643 g/mol. The van der Waals surface area contributed by atoms with Crippen LogP contribution >= 0.6 is 0 Å². The number of anilines is 1. The van der Waals surface area contributed by atoms with Gasteiger partial charge in [0.05, 0.1) is 29.9 Å². The fourth-order valence-corrected chi connectivity index (χ4v) is 7.28. The molecule has 45 heavy (non-hydrogen) atoms. The van der Waals surface area contributed by atoms with Crippen LogP contribution in [0.4, 0.5) is 19.7 Å². The van der Waals surface area contributed by atoms with Crippen LogP contribution < -0.4 is 10.6 Å². The van der Waals surface area contributed by atoms with Crippen LogP contribution in [0, 0.1) is 17.1 Å². The molecule has 1 unspecified atom stereocenters. The second-order valence-corrected chi connectivity index (χ2v) is 15.5. The largest absolute Gasteiger partial charge is 0.444 e. The number of halogens is 1. The molecule has 1 spiro atoms. The number of benzene rings is 1. The minimum absolute atomic E-state index is 0.00213. The van der Waals surface area contributed by atoms with Crippen LogP contribution in [0.2, 0.25) is 0 Å². The number of ether oxygens (including phenoxy) is 2. The molecule has 4 rings (SSSR count). The van der Waals surface area contributed by atoms with Gasteiger partial charge in [-0.15, -0.1) is 0 Å². The van der Waals surface area contributed by atoms with Gasteiger partial charge in [0.15, 0.2) is 14.6 Å². The first-order valence-corrected chi connectivity index (χ1v) is 15.6. The van der Waals surface area contributed by atoms with E-state index in [1.807, 2.05) is 6.07 Å². The molecule has 1 aromatic heterocycles. The number of nitrogens with zero attached hydrogens (tertiary/aromatic N) is 4. The van der Waals surface area contributed by atoms with Gasteiger partial charge in [-0.3, -0.25) is 4.79 Å². The number of hydrogen-bond acceptors (Lipinski definition) is 9. The molecule has 0 radical (unpaired) electrons. The van der Waals surface area contributed by atoms with Crippen molar-refractivity contribution in [2.75, 3.05) is 24.2 Å². The number of rotatable bonds is 3. The summed E-state index contributed by atoms with van der Waals surface area (Å²) in [5.74, 6) is -2.37. The molecule has 1 aromatic carbocycles. The second kappa shape index (κ2) is 11.4. The first-order chi connectivity index (χ1) is 20.7. The zero-order chi connectivity index (χ0) is 33.6. The van der Waals surface area contributed by atoms with E-state index in [-0.39, 0.29) is 41.4 Å². The van der Waals surface area contributed by atoms with E-state index in [2.05, 4.69) is 20.6 Å². The lowest BCUT2D eigenvalue weighted by molar-refractivity contribution is 0.00910. The number of sulfone groups is 1. The van der Waals surface area contributed by atoms with Crippen molar-refractivity contribution in [3.8, 4) is 6.07 Å². The van der Waals surface area contributed by atoms with E-state index < -0.39 is 61.0 Å². The first-order valence-electron chi connectivity index (χ1n) is 14.0. The number of likely N-dealkylation sites (tertiary alicyclic amines) is 1. The SMILES string of the molecule is CC(C)(C)OC(=O)N=C1NC(C)(c2cc(NC(=O)c3ccc(C#N)cn3)ccc2F)CS(=O)(=O)C12CN(C(=O)OC(C)(C)C)C2.